The average molecular weight is 395 g/mol. The number of pyridine rings is 1. The molecular weight excluding hydrogens is 379 g/mol. The van der Waals surface area contributed by atoms with Crippen LogP contribution in [0, 0.1) is 0 Å². The van der Waals surface area contributed by atoms with Gasteiger partial charge in [-0.25, -0.2) is 14.8 Å². The first kappa shape index (κ1) is 19.1. The number of rotatable bonds is 2. The fraction of sp³-hybridized carbons (Fsp3) is 0.278. The lowest BCUT2D eigenvalue weighted by Gasteiger charge is -2.18. The molecule has 2 aromatic heterocycles. The van der Waals surface area contributed by atoms with E-state index in [1.54, 1.807) is 26.8 Å². The van der Waals surface area contributed by atoms with Gasteiger partial charge in [-0.3, -0.25) is 5.32 Å². The van der Waals surface area contributed by atoms with Gasteiger partial charge in [-0.15, -0.1) is 0 Å². The first-order chi connectivity index (χ1) is 12.5. The van der Waals surface area contributed by atoms with Crippen molar-refractivity contribution in [3.05, 3.63) is 42.0 Å². The zero-order valence-electron chi connectivity index (χ0n) is 14.7. The maximum absolute atomic E-state index is 13.2. The van der Waals surface area contributed by atoms with Gasteiger partial charge in [0.05, 0.1) is 11.3 Å². The molecule has 1 amide bonds. The van der Waals surface area contributed by atoms with E-state index in [1.807, 2.05) is 0 Å². The van der Waals surface area contributed by atoms with Crippen molar-refractivity contribution in [3.63, 3.8) is 0 Å². The van der Waals surface area contributed by atoms with Crippen LogP contribution in [-0.4, -0.2) is 21.7 Å². The normalized spacial score (nSPS) is 12.2. The van der Waals surface area contributed by atoms with E-state index in [4.69, 9.17) is 4.74 Å². The Hall–Kier alpha value is -2.68. The van der Waals surface area contributed by atoms with Crippen molar-refractivity contribution in [1.29, 1.82) is 0 Å². The van der Waals surface area contributed by atoms with E-state index in [0.29, 0.717) is 10.3 Å². The summed E-state index contributed by atoms with van der Waals surface area (Å²) in [6, 6.07) is 8.30. The second kappa shape index (κ2) is 6.80. The van der Waals surface area contributed by atoms with Crippen LogP contribution in [0.15, 0.2) is 36.4 Å². The summed E-state index contributed by atoms with van der Waals surface area (Å²) >= 11 is 1.06. The van der Waals surface area contributed by atoms with E-state index in [-0.39, 0.29) is 16.4 Å². The molecule has 2 heterocycles. The van der Waals surface area contributed by atoms with E-state index < -0.39 is 23.4 Å². The predicted molar refractivity (Wildman–Crippen MR) is 97.7 cm³/mol. The molecule has 0 saturated carbocycles. The van der Waals surface area contributed by atoms with Crippen LogP contribution in [0.25, 0.3) is 21.6 Å². The van der Waals surface area contributed by atoms with Crippen LogP contribution in [0.1, 0.15) is 26.3 Å². The number of benzene rings is 1. The van der Waals surface area contributed by atoms with Crippen LogP contribution >= 0.6 is 11.3 Å². The zero-order valence-corrected chi connectivity index (χ0v) is 15.5. The summed E-state index contributed by atoms with van der Waals surface area (Å²) in [4.78, 5) is 20.7. The highest BCUT2D eigenvalue weighted by molar-refractivity contribution is 7.21. The third kappa shape index (κ3) is 4.54. The minimum Gasteiger partial charge on any atom is -0.444 e. The van der Waals surface area contributed by atoms with E-state index >= 15 is 0 Å². The molecule has 5 nitrogen and oxygen atoms in total. The fourth-order valence-electron chi connectivity index (χ4n) is 2.37. The second-order valence-electron chi connectivity index (χ2n) is 6.71. The third-order valence-electron chi connectivity index (χ3n) is 3.37. The standard InChI is InChI=1S/C18H16F3N3O2S/c1-17(2,3)26-16(25)24-15-23-13-9-8-12(22-14(13)27-15)10-6-4-5-7-11(10)18(19,20)21/h4-9H,1-3H3,(H,23,24,25). The van der Waals surface area contributed by atoms with E-state index in [0.717, 1.165) is 17.4 Å². The molecule has 0 fully saturated rings. The van der Waals surface area contributed by atoms with Gasteiger partial charge >= 0.3 is 12.3 Å². The maximum atomic E-state index is 13.2. The SMILES string of the molecule is CC(C)(C)OC(=O)Nc1nc2ccc(-c3ccccc3C(F)(F)F)nc2s1. The van der Waals surface area contributed by atoms with Crippen molar-refractivity contribution >= 4 is 32.9 Å². The molecule has 0 bridgehead atoms. The number of anilines is 1. The first-order valence-corrected chi connectivity index (χ1v) is 8.79. The highest BCUT2D eigenvalue weighted by Gasteiger charge is 2.33. The molecule has 142 valence electrons. The average Bonchev–Trinajstić information content (AvgIpc) is 2.93. The molecule has 0 aliphatic carbocycles. The fourth-order valence-corrected chi connectivity index (χ4v) is 3.19. The minimum absolute atomic E-state index is 0.0121. The summed E-state index contributed by atoms with van der Waals surface area (Å²) in [6.07, 6.45) is -5.14. The maximum Gasteiger partial charge on any atom is 0.417 e. The van der Waals surface area contributed by atoms with Crippen LogP contribution in [0.2, 0.25) is 0 Å². The van der Waals surface area contributed by atoms with Crippen LogP contribution in [0.3, 0.4) is 0 Å². The molecule has 1 aromatic carbocycles. The van der Waals surface area contributed by atoms with E-state index in [1.165, 1.54) is 24.3 Å². The summed E-state index contributed by atoms with van der Waals surface area (Å²) in [5.41, 5.74) is -0.773. The van der Waals surface area contributed by atoms with Gasteiger partial charge in [-0.05, 0) is 39.0 Å². The molecule has 0 radical (unpaired) electrons. The third-order valence-corrected chi connectivity index (χ3v) is 4.25. The summed E-state index contributed by atoms with van der Waals surface area (Å²) in [5.74, 6) is 0. The topological polar surface area (TPSA) is 64.1 Å². The van der Waals surface area contributed by atoms with Crippen molar-refractivity contribution in [2.45, 2.75) is 32.5 Å². The Labute approximate surface area is 157 Å². The molecule has 3 rings (SSSR count). The lowest BCUT2D eigenvalue weighted by molar-refractivity contribution is -0.137. The van der Waals surface area contributed by atoms with Crippen LogP contribution in [0.5, 0.6) is 0 Å². The monoisotopic (exact) mass is 395 g/mol. The van der Waals surface area contributed by atoms with E-state index in [2.05, 4.69) is 15.3 Å². The Morgan fingerprint density at radius 1 is 1.07 bits per heavy atom. The summed E-state index contributed by atoms with van der Waals surface area (Å²) in [7, 11) is 0. The lowest BCUT2D eigenvalue weighted by atomic mass is 10.0. The number of alkyl halides is 3. The summed E-state index contributed by atoms with van der Waals surface area (Å²) in [6.45, 7) is 5.20. The molecule has 0 spiro atoms. The van der Waals surface area contributed by atoms with Crippen molar-refractivity contribution in [2.24, 2.45) is 0 Å². The van der Waals surface area contributed by atoms with Crippen molar-refractivity contribution < 1.29 is 22.7 Å². The van der Waals surface area contributed by atoms with Gasteiger partial charge in [0.2, 0.25) is 0 Å². The minimum atomic E-state index is -4.48. The quantitative estimate of drug-likeness (QED) is 0.602. The highest BCUT2D eigenvalue weighted by Crippen LogP contribution is 2.37. The smallest absolute Gasteiger partial charge is 0.417 e. The largest absolute Gasteiger partial charge is 0.444 e. The zero-order chi connectivity index (χ0) is 19.8. The summed E-state index contributed by atoms with van der Waals surface area (Å²) < 4.78 is 44.9. The van der Waals surface area contributed by atoms with E-state index in [9.17, 15) is 18.0 Å². The van der Waals surface area contributed by atoms with Crippen LogP contribution < -0.4 is 5.32 Å². The Bertz CT molecular complexity index is 993. The number of carbonyl (C=O) groups excluding carboxylic acids is 1. The molecule has 0 aliphatic heterocycles. The number of carbonyl (C=O) groups is 1. The highest BCUT2D eigenvalue weighted by atomic mass is 32.1. The first-order valence-electron chi connectivity index (χ1n) is 7.97. The molecular formula is C18H16F3N3O2S. The number of hydrogen-bond acceptors (Lipinski definition) is 5. The Balaban J connectivity index is 1.93. The molecule has 0 unspecified atom stereocenters. The lowest BCUT2D eigenvalue weighted by Crippen LogP contribution is -2.27. The number of nitrogens with one attached hydrogen (secondary N) is 1. The number of amides is 1. The number of nitrogens with zero attached hydrogens (tertiary/aromatic N) is 2. The number of ether oxygens (including phenoxy) is 1. The van der Waals surface area contributed by atoms with Gasteiger partial charge < -0.3 is 4.74 Å². The predicted octanol–water partition coefficient (Wildman–Crippen LogP) is 5.72. The number of fused-ring (bicyclic) bond motifs is 1. The van der Waals surface area contributed by atoms with Crippen LogP contribution in [-0.2, 0) is 10.9 Å². The van der Waals surface area contributed by atoms with Gasteiger partial charge in [0.1, 0.15) is 15.9 Å². The number of aromatic nitrogens is 2. The molecule has 0 atom stereocenters. The van der Waals surface area contributed by atoms with Gasteiger partial charge in [-0.2, -0.15) is 13.2 Å². The van der Waals surface area contributed by atoms with Crippen molar-refractivity contribution in [3.8, 4) is 11.3 Å². The molecule has 0 saturated heterocycles. The Morgan fingerprint density at radius 3 is 2.44 bits per heavy atom. The van der Waals surface area contributed by atoms with Crippen molar-refractivity contribution in [2.75, 3.05) is 5.32 Å². The second-order valence-corrected chi connectivity index (χ2v) is 7.69. The van der Waals surface area contributed by atoms with Crippen molar-refractivity contribution in [1.82, 2.24) is 9.97 Å². The van der Waals surface area contributed by atoms with Gasteiger partial charge in [0, 0.05) is 5.56 Å². The van der Waals surface area contributed by atoms with Crippen LogP contribution in [0.4, 0.5) is 23.1 Å². The summed E-state index contributed by atoms with van der Waals surface area (Å²) in [5, 5.41) is 2.77. The molecule has 0 aliphatic rings. The van der Waals surface area contributed by atoms with Gasteiger partial charge in [-0.1, -0.05) is 29.5 Å². The van der Waals surface area contributed by atoms with Gasteiger partial charge in [0.15, 0.2) is 5.13 Å². The van der Waals surface area contributed by atoms with Gasteiger partial charge in [0.25, 0.3) is 0 Å². The Kier molecular flexibility index (Phi) is 4.81. The molecule has 27 heavy (non-hydrogen) atoms. The Morgan fingerprint density at radius 2 is 1.78 bits per heavy atom. The molecule has 9 heteroatoms. The molecule has 3 aromatic rings. The number of thiazole rings is 1. The number of hydrogen-bond donors (Lipinski definition) is 1. The number of halogens is 3. The molecule has 1 N–H and O–H groups in total.